The minimum atomic E-state index is -0.151. The second-order valence-corrected chi connectivity index (χ2v) is 5.56. The van der Waals surface area contributed by atoms with E-state index >= 15 is 0 Å². The molecule has 0 unspecified atom stereocenters. The van der Waals surface area contributed by atoms with Crippen molar-refractivity contribution in [3.05, 3.63) is 28.0 Å². The summed E-state index contributed by atoms with van der Waals surface area (Å²) < 4.78 is 14.6. The number of nitrogens with zero attached hydrogens (tertiary/aromatic N) is 2. The van der Waals surface area contributed by atoms with Gasteiger partial charge in [-0.15, -0.1) is 0 Å². The predicted molar refractivity (Wildman–Crippen MR) is 70.1 cm³/mol. The van der Waals surface area contributed by atoms with Gasteiger partial charge in [-0.05, 0) is 25.0 Å². The molecule has 0 atom stereocenters. The molecule has 1 aromatic carbocycles. The van der Waals surface area contributed by atoms with Gasteiger partial charge in [0.15, 0.2) is 0 Å². The highest BCUT2D eigenvalue weighted by molar-refractivity contribution is 9.10. The maximum Gasteiger partial charge on any atom is 0.131 e. The largest absolute Gasteiger partial charge is 0.356 e. The number of halogens is 2. The lowest BCUT2D eigenvalue weighted by Gasteiger charge is -2.29. The molecule has 0 bridgehead atoms. The zero-order valence-corrected chi connectivity index (χ0v) is 11.1. The van der Waals surface area contributed by atoms with Crippen molar-refractivity contribution in [2.24, 2.45) is 4.99 Å². The summed E-state index contributed by atoms with van der Waals surface area (Å²) >= 11 is 3.32. The lowest BCUT2D eigenvalue weighted by atomic mass is 10.1. The van der Waals surface area contributed by atoms with Crippen molar-refractivity contribution in [2.75, 3.05) is 6.54 Å². The summed E-state index contributed by atoms with van der Waals surface area (Å²) in [6.45, 7) is 1.68. The molecule has 17 heavy (non-hydrogen) atoms. The predicted octanol–water partition coefficient (Wildman–Crippen LogP) is 4.01. The highest BCUT2D eigenvalue weighted by atomic mass is 79.9. The third-order valence-corrected chi connectivity index (χ3v) is 3.89. The van der Waals surface area contributed by atoms with Gasteiger partial charge in [0.25, 0.3) is 0 Å². The average Bonchev–Trinajstić information content (AvgIpc) is 2.51. The summed E-state index contributed by atoms with van der Waals surface area (Å²) in [5.74, 6) is 0.980. The molecule has 2 aliphatic heterocycles. The molecule has 0 spiro atoms. The van der Waals surface area contributed by atoms with Crippen LogP contribution in [0.5, 0.6) is 0 Å². The van der Waals surface area contributed by atoms with Crippen LogP contribution in [0.1, 0.15) is 31.2 Å². The average molecular weight is 297 g/mol. The molecule has 0 N–H and O–H groups in total. The summed E-state index contributed by atoms with van der Waals surface area (Å²) in [5.41, 5.74) is 1.53. The van der Waals surface area contributed by atoms with Crippen LogP contribution in [0.4, 0.5) is 10.1 Å². The lowest BCUT2D eigenvalue weighted by molar-refractivity contribution is 0.394. The molecule has 2 heterocycles. The Bertz CT molecular complexity index is 485. The number of hydrogen-bond acceptors (Lipinski definition) is 2. The van der Waals surface area contributed by atoms with E-state index in [9.17, 15) is 4.39 Å². The van der Waals surface area contributed by atoms with Gasteiger partial charge < -0.3 is 4.90 Å². The van der Waals surface area contributed by atoms with E-state index in [2.05, 4.69) is 25.8 Å². The van der Waals surface area contributed by atoms with Crippen LogP contribution >= 0.6 is 15.9 Å². The molecule has 1 aromatic rings. The molecule has 0 amide bonds. The van der Waals surface area contributed by atoms with Gasteiger partial charge in [-0.25, -0.2) is 9.38 Å². The van der Waals surface area contributed by atoms with Crippen LogP contribution in [0.25, 0.3) is 0 Å². The van der Waals surface area contributed by atoms with Crippen LogP contribution in [-0.4, -0.2) is 17.3 Å². The van der Waals surface area contributed by atoms with E-state index in [-0.39, 0.29) is 5.82 Å². The van der Waals surface area contributed by atoms with E-state index in [0.717, 1.165) is 34.5 Å². The molecule has 2 aliphatic rings. The van der Waals surface area contributed by atoms with E-state index in [1.807, 2.05) is 6.07 Å². The fraction of sp³-hybridized carbons (Fsp3) is 0.462. The maximum atomic E-state index is 13.9. The number of amidine groups is 1. The number of aliphatic imine (C=N–C) groups is 1. The minimum absolute atomic E-state index is 0.151. The standard InChI is InChI=1S/C13H14BrFN2/c14-9-6-11(15)10-8-17-5-3-1-2-4-13(17)16-12(10)7-9/h6-7H,1-5,8H2. The highest BCUT2D eigenvalue weighted by Crippen LogP contribution is 2.33. The van der Waals surface area contributed by atoms with Crippen molar-refractivity contribution in [3.63, 3.8) is 0 Å². The van der Waals surface area contributed by atoms with Gasteiger partial charge in [0.2, 0.25) is 0 Å². The van der Waals surface area contributed by atoms with Crippen LogP contribution in [0, 0.1) is 5.82 Å². The number of rotatable bonds is 0. The minimum Gasteiger partial charge on any atom is -0.356 e. The van der Waals surface area contributed by atoms with Gasteiger partial charge in [-0.1, -0.05) is 22.4 Å². The molecular formula is C13H14BrFN2. The Balaban J connectivity index is 2.05. The van der Waals surface area contributed by atoms with Crippen LogP contribution in [0.3, 0.4) is 0 Å². The van der Waals surface area contributed by atoms with Crippen molar-refractivity contribution >= 4 is 27.5 Å². The maximum absolute atomic E-state index is 13.9. The number of benzene rings is 1. The zero-order valence-electron chi connectivity index (χ0n) is 9.55. The Morgan fingerprint density at radius 1 is 1.24 bits per heavy atom. The fourth-order valence-electron chi connectivity index (χ4n) is 2.52. The molecule has 4 heteroatoms. The first-order chi connectivity index (χ1) is 8.24. The smallest absolute Gasteiger partial charge is 0.131 e. The lowest BCUT2D eigenvalue weighted by Crippen LogP contribution is -2.32. The highest BCUT2D eigenvalue weighted by Gasteiger charge is 2.23. The van der Waals surface area contributed by atoms with Crippen molar-refractivity contribution in [3.8, 4) is 0 Å². The Hall–Kier alpha value is -0.900. The first-order valence-corrected chi connectivity index (χ1v) is 6.84. The summed E-state index contributed by atoms with van der Waals surface area (Å²) in [5, 5.41) is 0. The Kier molecular flexibility index (Phi) is 2.90. The second-order valence-electron chi connectivity index (χ2n) is 4.65. The molecule has 0 aliphatic carbocycles. The van der Waals surface area contributed by atoms with E-state index in [1.165, 1.54) is 25.3 Å². The molecule has 2 nitrogen and oxygen atoms in total. The van der Waals surface area contributed by atoms with E-state index < -0.39 is 0 Å². The zero-order chi connectivity index (χ0) is 11.8. The van der Waals surface area contributed by atoms with Crippen molar-refractivity contribution in [2.45, 2.75) is 32.2 Å². The van der Waals surface area contributed by atoms with Crippen LogP contribution in [-0.2, 0) is 6.54 Å². The third-order valence-electron chi connectivity index (χ3n) is 3.43. The van der Waals surface area contributed by atoms with Gasteiger partial charge in [-0.2, -0.15) is 0 Å². The molecule has 0 radical (unpaired) electrons. The first-order valence-electron chi connectivity index (χ1n) is 6.04. The van der Waals surface area contributed by atoms with Crippen molar-refractivity contribution in [1.29, 1.82) is 0 Å². The van der Waals surface area contributed by atoms with Gasteiger partial charge in [0.1, 0.15) is 11.7 Å². The molecule has 0 saturated carbocycles. The Morgan fingerprint density at radius 3 is 3.00 bits per heavy atom. The van der Waals surface area contributed by atoms with Crippen LogP contribution < -0.4 is 0 Å². The molecule has 1 fully saturated rings. The van der Waals surface area contributed by atoms with Crippen LogP contribution in [0.2, 0.25) is 0 Å². The fourth-order valence-corrected chi connectivity index (χ4v) is 2.94. The summed E-state index contributed by atoms with van der Waals surface area (Å²) in [6.07, 6.45) is 4.65. The Morgan fingerprint density at radius 2 is 2.12 bits per heavy atom. The van der Waals surface area contributed by atoms with Crippen molar-refractivity contribution < 1.29 is 4.39 Å². The molecule has 1 saturated heterocycles. The Labute approximate surface area is 109 Å². The monoisotopic (exact) mass is 296 g/mol. The summed E-state index contributed by atoms with van der Waals surface area (Å²) in [7, 11) is 0. The van der Waals surface area contributed by atoms with Gasteiger partial charge in [-0.3, -0.25) is 0 Å². The SMILES string of the molecule is Fc1cc(Br)cc2c1CN1CCCCCC1=N2. The van der Waals surface area contributed by atoms with Crippen LogP contribution in [0.15, 0.2) is 21.6 Å². The summed E-state index contributed by atoms with van der Waals surface area (Å²) in [6, 6.07) is 3.44. The van der Waals surface area contributed by atoms with Gasteiger partial charge in [0.05, 0.1) is 5.69 Å². The van der Waals surface area contributed by atoms with Crippen molar-refractivity contribution in [1.82, 2.24) is 4.90 Å². The topological polar surface area (TPSA) is 15.6 Å². The van der Waals surface area contributed by atoms with Gasteiger partial charge >= 0.3 is 0 Å². The third kappa shape index (κ3) is 2.10. The van der Waals surface area contributed by atoms with E-state index in [4.69, 9.17) is 0 Å². The summed E-state index contributed by atoms with van der Waals surface area (Å²) in [4.78, 5) is 6.85. The number of fused-ring (bicyclic) bond motifs is 2. The molecule has 3 rings (SSSR count). The second kappa shape index (κ2) is 4.41. The van der Waals surface area contributed by atoms with E-state index in [1.54, 1.807) is 0 Å². The van der Waals surface area contributed by atoms with Gasteiger partial charge in [0, 0.05) is 29.5 Å². The quantitative estimate of drug-likeness (QED) is 0.706. The molecular weight excluding hydrogens is 283 g/mol. The normalized spacial score (nSPS) is 19.2. The first kappa shape index (κ1) is 11.2. The van der Waals surface area contributed by atoms with E-state index in [0.29, 0.717) is 6.54 Å². The molecule has 90 valence electrons. The molecule has 0 aromatic heterocycles. The number of hydrogen-bond donors (Lipinski definition) is 0.